The number of anilines is 1. The van der Waals surface area contributed by atoms with Crippen LogP contribution < -0.4 is 14.8 Å². The van der Waals surface area contributed by atoms with Crippen LogP contribution in [0.2, 0.25) is 0 Å². The maximum Gasteiger partial charge on any atom is 0.145 e. The van der Waals surface area contributed by atoms with Gasteiger partial charge in [-0.3, -0.25) is 0 Å². The highest BCUT2D eigenvalue weighted by Crippen LogP contribution is 2.30. The Balaban J connectivity index is 2.14. The summed E-state index contributed by atoms with van der Waals surface area (Å²) in [7, 11) is 3.30. The van der Waals surface area contributed by atoms with Gasteiger partial charge in [-0.15, -0.1) is 0 Å². The third-order valence-corrected chi connectivity index (χ3v) is 3.82. The number of hydrogen-bond acceptors (Lipinski definition) is 3. The predicted molar refractivity (Wildman–Crippen MR) is 85.8 cm³/mol. The lowest BCUT2D eigenvalue weighted by Crippen LogP contribution is -2.02. The molecule has 106 valence electrons. The summed E-state index contributed by atoms with van der Waals surface area (Å²) < 4.78 is 11.7. The largest absolute Gasteiger partial charge is 0.497 e. The van der Waals surface area contributed by atoms with Gasteiger partial charge in [-0.2, -0.15) is 0 Å². The van der Waals surface area contributed by atoms with Gasteiger partial charge in [0, 0.05) is 17.1 Å². The monoisotopic (exact) mass is 335 g/mol. The van der Waals surface area contributed by atoms with Gasteiger partial charge in [-0.25, -0.2) is 0 Å². The highest BCUT2D eigenvalue weighted by molar-refractivity contribution is 9.10. The quantitative estimate of drug-likeness (QED) is 0.879. The standard InChI is InChI=1S/C16H18BrNO2/c1-11-4-5-12(14(17)8-11)10-18-15-7-6-13(19-2)9-16(15)20-3/h4-9,18H,10H2,1-3H3. The summed E-state index contributed by atoms with van der Waals surface area (Å²) >= 11 is 3.59. The maximum atomic E-state index is 5.37. The highest BCUT2D eigenvalue weighted by Gasteiger charge is 2.06. The average molecular weight is 336 g/mol. The van der Waals surface area contributed by atoms with Crippen LogP contribution in [0, 0.1) is 6.92 Å². The minimum atomic E-state index is 0.726. The van der Waals surface area contributed by atoms with Gasteiger partial charge in [0.15, 0.2) is 0 Å². The second-order valence-corrected chi connectivity index (χ2v) is 5.37. The zero-order valence-electron chi connectivity index (χ0n) is 11.9. The molecule has 0 aromatic heterocycles. The van der Waals surface area contributed by atoms with Crippen molar-refractivity contribution in [3.8, 4) is 11.5 Å². The van der Waals surface area contributed by atoms with E-state index in [1.807, 2.05) is 18.2 Å². The van der Waals surface area contributed by atoms with Gasteiger partial charge in [0.2, 0.25) is 0 Å². The average Bonchev–Trinajstić information content (AvgIpc) is 2.46. The topological polar surface area (TPSA) is 30.5 Å². The first kappa shape index (κ1) is 14.7. The summed E-state index contributed by atoms with van der Waals surface area (Å²) in [5.41, 5.74) is 3.39. The lowest BCUT2D eigenvalue weighted by molar-refractivity contribution is 0.395. The Labute approximate surface area is 128 Å². The van der Waals surface area contributed by atoms with Crippen LogP contribution in [-0.2, 0) is 6.54 Å². The fourth-order valence-electron chi connectivity index (χ4n) is 1.93. The van der Waals surface area contributed by atoms with Crippen LogP contribution in [-0.4, -0.2) is 14.2 Å². The van der Waals surface area contributed by atoms with Crippen molar-refractivity contribution in [1.82, 2.24) is 0 Å². The van der Waals surface area contributed by atoms with Crippen LogP contribution in [0.3, 0.4) is 0 Å². The van der Waals surface area contributed by atoms with Crippen LogP contribution in [0.4, 0.5) is 5.69 Å². The van der Waals surface area contributed by atoms with Crippen molar-refractivity contribution in [3.63, 3.8) is 0 Å². The number of aryl methyl sites for hydroxylation is 1. The molecule has 0 unspecified atom stereocenters. The molecule has 0 aliphatic heterocycles. The minimum absolute atomic E-state index is 0.726. The third-order valence-electron chi connectivity index (χ3n) is 3.09. The van der Waals surface area contributed by atoms with Crippen molar-refractivity contribution < 1.29 is 9.47 Å². The molecule has 4 heteroatoms. The number of methoxy groups -OCH3 is 2. The first-order valence-electron chi connectivity index (χ1n) is 6.35. The lowest BCUT2D eigenvalue weighted by atomic mass is 10.1. The summed E-state index contributed by atoms with van der Waals surface area (Å²) in [4.78, 5) is 0. The molecule has 0 fully saturated rings. The van der Waals surface area contributed by atoms with E-state index in [0.29, 0.717) is 0 Å². The molecule has 20 heavy (non-hydrogen) atoms. The van der Waals surface area contributed by atoms with E-state index in [1.165, 1.54) is 11.1 Å². The second-order valence-electron chi connectivity index (χ2n) is 4.51. The number of nitrogens with one attached hydrogen (secondary N) is 1. The normalized spacial score (nSPS) is 10.2. The Morgan fingerprint density at radius 2 is 1.85 bits per heavy atom. The van der Waals surface area contributed by atoms with E-state index in [4.69, 9.17) is 9.47 Å². The van der Waals surface area contributed by atoms with E-state index in [2.05, 4.69) is 46.4 Å². The van der Waals surface area contributed by atoms with Gasteiger partial charge in [-0.1, -0.05) is 28.1 Å². The smallest absolute Gasteiger partial charge is 0.145 e. The van der Waals surface area contributed by atoms with E-state index < -0.39 is 0 Å². The Morgan fingerprint density at radius 3 is 2.50 bits per heavy atom. The minimum Gasteiger partial charge on any atom is -0.497 e. The molecule has 1 N–H and O–H groups in total. The molecule has 3 nitrogen and oxygen atoms in total. The van der Waals surface area contributed by atoms with Crippen LogP contribution in [0.25, 0.3) is 0 Å². The molecule has 0 saturated carbocycles. The van der Waals surface area contributed by atoms with Gasteiger partial charge < -0.3 is 14.8 Å². The molecule has 0 bridgehead atoms. The zero-order valence-corrected chi connectivity index (χ0v) is 13.5. The van der Waals surface area contributed by atoms with Crippen molar-refractivity contribution in [2.75, 3.05) is 19.5 Å². The maximum absolute atomic E-state index is 5.37. The van der Waals surface area contributed by atoms with Gasteiger partial charge in [-0.05, 0) is 36.2 Å². The number of halogens is 1. The summed E-state index contributed by atoms with van der Waals surface area (Å²) in [5.74, 6) is 1.55. The molecule has 2 rings (SSSR count). The van der Waals surface area contributed by atoms with Crippen LogP contribution >= 0.6 is 15.9 Å². The van der Waals surface area contributed by atoms with Gasteiger partial charge in [0.25, 0.3) is 0 Å². The van der Waals surface area contributed by atoms with Crippen molar-refractivity contribution in [2.24, 2.45) is 0 Å². The van der Waals surface area contributed by atoms with Crippen molar-refractivity contribution in [3.05, 3.63) is 52.0 Å². The van der Waals surface area contributed by atoms with Crippen LogP contribution in [0.1, 0.15) is 11.1 Å². The zero-order chi connectivity index (χ0) is 14.5. The Bertz CT molecular complexity index is 599. The van der Waals surface area contributed by atoms with Crippen molar-refractivity contribution in [2.45, 2.75) is 13.5 Å². The summed E-state index contributed by atoms with van der Waals surface area (Å²) in [6.07, 6.45) is 0. The number of hydrogen-bond donors (Lipinski definition) is 1. The molecule has 2 aromatic carbocycles. The fourth-order valence-corrected chi connectivity index (χ4v) is 2.56. The second kappa shape index (κ2) is 6.66. The Morgan fingerprint density at radius 1 is 1.05 bits per heavy atom. The fraction of sp³-hybridized carbons (Fsp3) is 0.250. The first-order chi connectivity index (χ1) is 9.63. The molecule has 0 aliphatic carbocycles. The summed E-state index contributed by atoms with van der Waals surface area (Å²) in [6.45, 7) is 2.80. The first-order valence-corrected chi connectivity index (χ1v) is 7.14. The molecule has 0 radical (unpaired) electrons. The lowest BCUT2D eigenvalue weighted by Gasteiger charge is -2.13. The third kappa shape index (κ3) is 3.45. The molecule has 0 atom stereocenters. The van der Waals surface area contributed by atoms with Gasteiger partial charge in [0.1, 0.15) is 11.5 Å². The molecule has 0 amide bonds. The molecule has 0 heterocycles. The van der Waals surface area contributed by atoms with E-state index >= 15 is 0 Å². The number of ether oxygens (including phenoxy) is 2. The Hall–Kier alpha value is -1.68. The van der Waals surface area contributed by atoms with E-state index in [-0.39, 0.29) is 0 Å². The van der Waals surface area contributed by atoms with Crippen molar-refractivity contribution >= 4 is 21.6 Å². The van der Waals surface area contributed by atoms with E-state index in [0.717, 1.165) is 28.2 Å². The molecule has 0 aliphatic rings. The highest BCUT2D eigenvalue weighted by atomic mass is 79.9. The summed E-state index contributed by atoms with van der Waals surface area (Å²) in [6, 6.07) is 12.1. The molecule has 0 saturated heterocycles. The number of benzene rings is 2. The molecular weight excluding hydrogens is 318 g/mol. The Kier molecular flexibility index (Phi) is 4.90. The van der Waals surface area contributed by atoms with E-state index in [1.54, 1.807) is 14.2 Å². The SMILES string of the molecule is COc1ccc(NCc2ccc(C)cc2Br)c(OC)c1. The molecule has 0 spiro atoms. The number of rotatable bonds is 5. The van der Waals surface area contributed by atoms with Crippen molar-refractivity contribution in [1.29, 1.82) is 0 Å². The summed E-state index contributed by atoms with van der Waals surface area (Å²) in [5, 5.41) is 3.38. The van der Waals surface area contributed by atoms with E-state index in [9.17, 15) is 0 Å². The predicted octanol–water partition coefficient (Wildman–Crippen LogP) is 4.39. The van der Waals surface area contributed by atoms with Crippen LogP contribution in [0.5, 0.6) is 11.5 Å². The van der Waals surface area contributed by atoms with Gasteiger partial charge >= 0.3 is 0 Å². The molecule has 2 aromatic rings. The van der Waals surface area contributed by atoms with Gasteiger partial charge in [0.05, 0.1) is 19.9 Å². The van der Waals surface area contributed by atoms with Crippen LogP contribution in [0.15, 0.2) is 40.9 Å². The molecular formula is C16H18BrNO2.